The first-order chi connectivity index (χ1) is 9.37. The molecule has 0 radical (unpaired) electrons. The second kappa shape index (κ2) is 6.88. The summed E-state index contributed by atoms with van der Waals surface area (Å²) in [7, 11) is 1.61. The maximum atomic E-state index is 12.0. The van der Waals surface area contributed by atoms with Crippen LogP contribution in [0.2, 0.25) is 0 Å². The van der Waals surface area contributed by atoms with Crippen LogP contribution in [0.1, 0.15) is 63.2 Å². The Morgan fingerprint density at radius 3 is 2.50 bits per heavy atom. The summed E-state index contributed by atoms with van der Waals surface area (Å²) in [6.45, 7) is 10.1. The van der Waals surface area contributed by atoms with E-state index in [0.29, 0.717) is 37.0 Å². The molecule has 5 heteroatoms. The molecule has 0 aliphatic rings. The Morgan fingerprint density at radius 1 is 1.40 bits per heavy atom. The lowest BCUT2D eigenvalue weighted by Crippen LogP contribution is -2.23. The van der Waals surface area contributed by atoms with Gasteiger partial charge in [0.25, 0.3) is 0 Å². The Hall–Kier alpha value is -1.36. The number of nitrogens with zero attached hydrogens (tertiary/aromatic N) is 1. The van der Waals surface area contributed by atoms with Crippen LogP contribution in [0.25, 0.3) is 0 Å². The zero-order valence-electron chi connectivity index (χ0n) is 13.3. The average molecular weight is 283 g/mol. The molecule has 5 nitrogen and oxygen atoms in total. The Balaban J connectivity index is 3.20. The van der Waals surface area contributed by atoms with Crippen molar-refractivity contribution in [3.8, 4) is 0 Å². The van der Waals surface area contributed by atoms with Gasteiger partial charge in [0.1, 0.15) is 5.60 Å². The first kappa shape index (κ1) is 16.7. The van der Waals surface area contributed by atoms with Crippen molar-refractivity contribution in [2.24, 2.45) is 5.92 Å². The van der Waals surface area contributed by atoms with Gasteiger partial charge in [-0.2, -0.15) is 0 Å². The molecule has 0 aromatic carbocycles. The molecule has 0 bridgehead atoms. The van der Waals surface area contributed by atoms with Crippen LogP contribution in [0.3, 0.4) is 0 Å². The van der Waals surface area contributed by atoms with Gasteiger partial charge in [-0.1, -0.05) is 20.8 Å². The number of hydrogen-bond donors (Lipinski definition) is 0. The SMILES string of the molecule is CCOC(=O)c1oc(C(C)(CC)OC)nc1CC(C)C. The van der Waals surface area contributed by atoms with Crippen LogP contribution in [-0.2, 0) is 21.5 Å². The van der Waals surface area contributed by atoms with E-state index in [2.05, 4.69) is 18.8 Å². The van der Waals surface area contributed by atoms with Gasteiger partial charge < -0.3 is 13.9 Å². The highest BCUT2D eigenvalue weighted by Gasteiger charge is 2.33. The fourth-order valence-corrected chi connectivity index (χ4v) is 1.84. The Kier molecular flexibility index (Phi) is 5.74. The molecule has 0 N–H and O–H groups in total. The second-order valence-electron chi connectivity index (χ2n) is 5.40. The summed E-state index contributed by atoms with van der Waals surface area (Å²) >= 11 is 0. The minimum absolute atomic E-state index is 0.201. The summed E-state index contributed by atoms with van der Waals surface area (Å²) in [5.41, 5.74) is 0.0152. The summed E-state index contributed by atoms with van der Waals surface area (Å²) < 4.78 is 16.2. The third kappa shape index (κ3) is 3.60. The molecular weight excluding hydrogens is 258 g/mol. The van der Waals surface area contributed by atoms with E-state index in [1.165, 1.54) is 0 Å². The number of carbonyl (C=O) groups excluding carboxylic acids is 1. The standard InChI is InChI=1S/C15H25NO4/c1-7-15(5,18-6)14-16-11(9-10(3)4)12(20-14)13(17)19-8-2/h10H,7-9H2,1-6H3. The monoisotopic (exact) mass is 283 g/mol. The fourth-order valence-electron chi connectivity index (χ4n) is 1.84. The van der Waals surface area contributed by atoms with Gasteiger partial charge in [0.2, 0.25) is 11.7 Å². The Morgan fingerprint density at radius 2 is 2.05 bits per heavy atom. The number of carbonyl (C=O) groups is 1. The lowest BCUT2D eigenvalue weighted by Gasteiger charge is -2.22. The Bertz CT molecular complexity index is 447. The van der Waals surface area contributed by atoms with Gasteiger partial charge in [0.05, 0.1) is 12.3 Å². The molecule has 1 atom stereocenters. The van der Waals surface area contributed by atoms with Crippen LogP contribution < -0.4 is 0 Å². The molecule has 1 heterocycles. The first-order valence-corrected chi connectivity index (χ1v) is 7.10. The van der Waals surface area contributed by atoms with Gasteiger partial charge in [0, 0.05) is 7.11 Å². The van der Waals surface area contributed by atoms with Crippen molar-refractivity contribution in [2.45, 2.75) is 53.1 Å². The summed E-state index contributed by atoms with van der Waals surface area (Å²) in [5.74, 6) is 0.543. The van der Waals surface area contributed by atoms with Crippen molar-refractivity contribution in [1.29, 1.82) is 0 Å². The van der Waals surface area contributed by atoms with E-state index in [-0.39, 0.29) is 5.76 Å². The van der Waals surface area contributed by atoms with Crippen LogP contribution in [-0.4, -0.2) is 24.7 Å². The highest BCUT2D eigenvalue weighted by atomic mass is 16.5. The Labute approximate surface area is 120 Å². The molecule has 1 rings (SSSR count). The third-order valence-electron chi connectivity index (χ3n) is 3.34. The number of rotatable bonds is 7. The molecule has 0 aliphatic carbocycles. The summed E-state index contributed by atoms with van der Waals surface area (Å²) in [5, 5.41) is 0. The van der Waals surface area contributed by atoms with Gasteiger partial charge in [-0.05, 0) is 32.6 Å². The van der Waals surface area contributed by atoms with Crippen molar-refractivity contribution in [3.63, 3.8) is 0 Å². The molecule has 0 saturated carbocycles. The summed E-state index contributed by atoms with van der Waals surface area (Å²) in [6, 6.07) is 0. The maximum Gasteiger partial charge on any atom is 0.376 e. The summed E-state index contributed by atoms with van der Waals surface area (Å²) in [4.78, 5) is 16.4. The molecule has 1 aromatic heterocycles. The molecule has 0 amide bonds. The first-order valence-electron chi connectivity index (χ1n) is 7.10. The van der Waals surface area contributed by atoms with Crippen molar-refractivity contribution >= 4 is 5.97 Å². The topological polar surface area (TPSA) is 61.6 Å². The number of methoxy groups -OCH3 is 1. The van der Waals surface area contributed by atoms with Crippen LogP contribution in [0, 0.1) is 5.92 Å². The number of oxazole rings is 1. The molecule has 0 fully saturated rings. The largest absolute Gasteiger partial charge is 0.460 e. The zero-order valence-corrected chi connectivity index (χ0v) is 13.3. The fraction of sp³-hybridized carbons (Fsp3) is 0.733. The van der Waals surface area contributed by atoms with Gasteiger partial charge in [-0.3, -0.25) is 0 Å². The van der Waals surface area contributed by atoms with Gasteiger partial charge >= 0.3 is 5.97 Å². The molecule has 0 aliphatic heterocycles. The van der Waals surface area contributed by atoms with E-state index < -0.39 is 11.6 Å². The van der Waals surface area contributed by atoms with E-state index >= 15 is 0 Å². The quantitative estimate of drug-likeness (QED) is 0.718. The molecule has 1 aromatic rings. The molecule has 0 spiro atoms. The normalized spacial score (nSPS) is 14.3. The number of ether oxygens (including phenoxy) is 2. The van der Waals surface area contributed by atoms with E-state index in [0.717, 1.165) is 0 Å². The number of aromatic nitrogens is 1. The van der Waals surface area contributed by atoms with Crippen LogP contribution in [0.4, 0.5) is 0 Å². The third-order valence-corrected chi connectivity index (χ3v) is 3.34. The predicted molar refractivity (Wildman–Crippen MR) is 75.7 cm³/mol. The number of esters is 1. The average Bonchev–Trinajstić information content (AvgIpc) is 2.81. The van der Waals surface area contributed by atoms with E-state index in [1.54, 1.807) is 14.0 Å². The lowest BCUT2D eigenvalue weighted by molar-refractivity contribution is -0.0244. The second-order valence-corrected chi connectivity index (χ2v) is 5.40. The molecule has 0 saturated heterocycles. The van der Waals surface area contributed by atoms with E-state index in [9.17, 15) is 4.79 Å². The minimum Gasteiger partial charge on any atom is -0.460 e. The van der Waals surface area contributed by atoms with Crippen molar-refractivity contribution in [3.05, 3.63) is 17.3 Å². The smallest absolute Gasteiger partial charge is 0.376 e. The zero-order chi connectivity index (χ0) is 15.3. The van der Waals surface area contributed by atoms with Crippen LogP contribution in [0.15, 0.2) is 4.42 Å². The van der Waals surface area contributed by atoms with Gasteiger partial charge in [-0.25, -0.2) is 9.78 Å². The van der Waals surface area contributed by atoms with Crippen molar-refractivity contribution in [1.82, 2.24) is 4.98 Å². The van der Waals surface area contributed by atoms with Crippen molar-refractivity contribution in [2.75, 3.05) is 13.7 Å². The number of hydrogen-bond acceptors (Lipinski definition) is 5. The maximum absolute atomic E-state index is 12.0. The van der Waals surface area contributed by atoms with Gasteiger partial charge in [-0.15, -0.1) is 0 Å². The summed E-state index contributed by atoms with van der Waals surface area (Å²) in [6.07, 6.45) is 1.37. The van der Waals surface area contributed by atoms with E-state index in [1.807, 2.05) is 13.8 Å². The molecule has 1 unspecified atom stereocenters. The highest BCUT2D eigenvalue weighted by molar-refractivity contribution is 5.87. The van der Waals surface area contributed by atoms with E-state index in [4.69, 9.17) is 13.9 Å². The predicted octanol–water partition coefficient (Wildman–Crippen LogP) is 3.32. The van der Waals surface area contributed by atoms with Gasteiger partial charge in [0.15, 0.2) is 0 Å². The minimum atomic E-state index is -0.628. The lowest BCUT2D eigenvalue weighted by atomic mass is 10.0. The van der Waals surface area contributed by atoms with Crippen LogP contribution >= 0.6 is 0 Å². The van der Waals surface area contributed by atoms with Crippen molar-refractivity contribution < 1.29 is 18.7 Å². The highest BCUT2D eigenvalue weighted by Crippen LogP contribution is 2.30. The molecular formula is C15H25NO4. The molecule has 20 heavy (non-hydrogen) atoms. The van der Waals surface area contributed by atoms with Crippen LogP contribution in [0.5, 0.6) is 0 Å². The molecule has 114 valence electrons.